The Morgan fingerprint density at radius 1 is 1.30 bits per heavy atom. The summed E-state index contributed by atoms with van der Waals surface area (Å²) in [5, 5.41) is 31.9. The average molecular weight is 415 g/mol. The first-order chi connectivity index (χ1) is 14.3. The molecule has 7 unspecified atom stereocenters. The third-order valence-corrected chi connectivity index (χ3v) is 8.25. The van der Waals surface area contributed by atoms with E-state index in [4.69, 9.17) is 0 Å². The highest BCUT2D eigenvalue weighted by Crippen LogP contribution is 2.64. The highest BCUT2D eigenvalue weighted by molar-refractivity contribution is 5.69. The predicted octanol–water partition coefficient (Wildman–Crippen LogP) is 3.53. The molecule has 0 saturated heterocycles. The van der Waals surface area contributed by atoms with E-state index in [1.54, 1.807) is 18.6 Å². The van der Waals surface area contributed by atoms with E-state index in [2.05, 4.69) is 18.8 Å². The smallest absolute Gasteiger partial charge is 0.129 e. The first-order valence-corrected chi connectivity index (χ1v) is 11.1. The maximum absolute atomic E-state index is 14.8. The molecule has 5 nitrogen and oxygen atoms in total. The van der Waals surface area contributed by atoms with E-state index in [0.717, 1.165) is 30.5 Å². The Labute approximate surface area is 176 Å². The third kappa shape index (κ3) is 2.88. The van der Waals surface area contributed by atoms with Crippen molar-refractivity contribution >= 4 is 0 Å². The lowest BCUT2D eigenvalue weighted by molar-refractivity contribution is -0.0125. The largest absolute Gasteiger partial charge is 0.396 e. The molecular formula is C24H31FN2O3. The molecule has 0 spiro atoms. The second-order valence-electron chi connectivity index (χ2n) is 10.2. The van der Waals surface area contributed by atoms with Crippen LogP contribution in [0, 0.1) is 29.0 Å². The van der Waals surface area contributed by atoms with Crippen molar-refractivity contribution in [1.29, 1.82) is 0 Å². The zero-order valence-electron chi connectivity index (χ0n) is 17.6. The average Bonchev–Trinajstić information content (AvgIpc) is 3.02. The fourth-order valence-electron chi connectivity index (χ4n) is 6.72. The number of benzene rings is 1. The van der Waals surface area contributed by atoms with Crippen molar-refractivity contribution in [2.45, 2.75) is 63.7 Å². The van der Waals surface area contributed by atoms with Crippen LogP contribution in [0.15, 0.2) is 30.7 Å². The molecule has 30 heavy (non-hydrogen) atoms. The van der Waals surface area contributed by atoms with Crippen molar-refractivity contribution in [3.05, 3.63) is 42.1 Å². The standard InChI is InChI=1S/C24H31FN2O3/c1-14-8-16-17(24(16,30)6-7-28)11-23(2,10-14)21(29)9-19-22-15(4-3-5-18(22)25)20-12-26-13-27(19)20/h3-5,12-14,16-17,19,21,28-30H,6-11H2,1-2H3. The van der Waals surface area contributed by atoms with Crippen LogP contribution in [0.3, 0.4) is 0 Å². The van der Waals surface area contributed by atoms with Gasteiger partial charge in [0.25, 0.3) is 0 Å². The molecule has 2 aliphatic carbocycles. The summed E-state index contributed by atoms with van der Waals surface area (Å²) in [6.07, 6.45) is 6.19. The molecule has 6 heteroatoms. The first kappa shape index (κ1) is 20.2. The molecule has 1 aromatic carbocycles. The van der Waals surface area contributed by atoms with Crippen LogP contribution in [-0.4, -0.2) is 43.2 Å². The minimum Gasteiger partial charge on any atom is -0.396 e. The number of rotatable bonds is 5. The van der Waals surface area contributed by atoms with Gasteiger partial charge in [-0.05, 0) is 61.3 Å². The van der Waals surface area contributed by atoms with E-state index in [0.29, 0.717) is 24.3 Å². The Bertz CT molecular complexity index is 962. The van der Waals surface area contributed by atoms with Gasteiger partial charge in [0.2, 0.25) is 0 Å². The van der Waals surface area contributed by atoms with E-state index in [9.17, 15) is 19.7 Å². The number of aromatic nitrogens is 2. The number of imidazole rings is 1. The number of aliphatic hydroxyl groups is 3. The number of hydrogen-bond donors (Lipinski definition) is 3. The van der Waals surface area contributed by atoms with E-state index in [1.165, 1.54) is 6.07 Å². The van der Waals surface area contributed by atoms with Crippen LogP contribution in [0.1, 0.15) is 57.6 Å². The quantitative estimate of drug-likeness (QED) is 0.699. The lowest BCUT2D eigenvalue weighted by atomic mass is 9.71. The Hall–Kier alpha value is -1.76. The maximum Gasteiger partial charge on any atom is 0.129 e. The highest BCUT2D eigenvalue weighted by atomic mass is 19.1. The molecule has 2 heterocycles. The van der Waals surface area contributed by atoms with Crippen molar-refractivity contribution in [2.24, 2.45) is 23.2 Å². The van der Waals surface area contributed by atoms with Crippen LogP contribution >= 0.6 is 0 Å². The molecule has 2 saturated carbocycles. The van der Waals surface area contributed by atoms with E-state index in [1.807, 2.05) is 10.6 Å². The summed E-state index contributed by atoms with van der Waals surface area (Å²) in [6, 6.07) is 4.83. The molecule has 0 amide bonds. The van der Waals surface area contributed by atoms with Crippen LogP contribution < -0.4 is 0 Å². The van der Waals surface area contributed by atoms with Crippen molar-refractivity contribution in [3.8, 4) is 11.3 Å². The summed E-state index contributed by atoms with van der Waals surface area (Å²) in [5.74, 6) is 0.459. The van der Waals surface area contributed by atoms with Gasteiger partial charge in [0.15, 0.2) is 0 Å². The number of fused-ring (bicyclic) bond motifs is 4. The van der Waals surface area contributed by atoms with E-state index < -0.39 is 11.7 Å². The fraction of sp³-hybridized carbons (Fsp3) is 0.625. The molecule has 1 aromatic heterocycles. The molecule has 3 N–H and O–H groups in total. The van der Waals surface area contributed by atoms with Crippen LogP contribution in [0.4, 0.5) is 4.39 Å². The van der Waals surface area contributed by atoms with Crippen molar-refractivity contribution in [1.82, 2.24) is 9.55 Å². The van der Waals surface area contributed by atoms with Gasteiger partial charge in [-0.2, -0.15) is 0 Å². The van der Waals surface area contributed by atoms with Crippen LogP contribution in [0.5, 0.6) is 0 Å². The monoisotopic (exact) mass is 414 g/mol. The van der Waals surface area contributed by atoms with Gasteiger partial charge in [-0.25, -0.2) is 9.37 Å². The molecular weight excluding hydrogens is 383 g/mol. The fourth-order valence-corrected chi connectivity index (χ4v) is 6.72. The van der Waals surface area contributed by atoms with Gasteiger partial charge in [-0.1, -0.05) is 26.0 Å². The maximum atomic E-state index is 14.8. The number of aliphatic hydroxyl groups excluding tert-OH is 2. The third-order valence-electron chi connectivity index (χ3n) is 8.25. The van der Waals surface area contributed by atoms with Crippen molar-refractivity contribution < 1.29 is 19.7 Å². The highest BCUT2D eigenvalue weighted by Gasteiger charge is 2.66. The minimum atomic E-state index is -0.798. The molecule has 0 bridgehead atoms. The number of nitrogens with zero attached hydrogens (tertiary/aromatic N) is 2. The van der Waals surface area contributed by atoms with E-state index >= 15 is 0 Å². The molecule has 162 valence electrons. The van der Waals surface area contributed by atoms with Crippen LogP contribution in [0.2, 0.25) is 0 Å². The SMILES string of the molecule is CC1CC2C(CC(C)(C(O)CC3c4c(F)cccc4-c4cncn43)C1)C2(O)CCO. The zero-order valence-corrected chi connectivity index (χ0v) is 17.6. The first-order valence-electron chi connectivity index (χ1n) is 11.1. The minimum absolute atomic E-state index is 0.0152. The normalized spacial score (nSPS) is 37.8. The van der Waals surface area contributed by atoms with Gasteiger partial charge in [0.1, 0.15) is 5.82 Å². The number of halogens is 1. The van der Waals surface area contributed by atoms with Gasteiger partial charge >= 0.3 is 0 Å². The van der Waals surface area contributed by atoms with Gasteiger partial charge in [-0.3, -0.25) is 0 Å². The Kier molecular flexibility index (Phi) is 4.62. The van der Waals surface area contributed by atoms with Crippen LogP contribution in [0.25, 0.3) is 11.3 Å². The second kappa shape index (κ2) is 6.87. The van der Waals surface area contributed by atoms with Crippen molar-refractivity contribution in [3.63, 3.8) is 0 Å². The Balaban J connectivity index is 1.42. The summed E-state index contributed by atoms with van der Waals surface area (Å²) in [7, 11) is 0. The Morgan fingerprint density at radius 3 is 2.87 bits per heavy atom. The summed E-state index contributed by atoms with van der Waals surface area (Å²) < 4.78 is 16.8. The molecule has 0 radical (unpaired) electrons. The summed E-state index contributed by atoms with van der Waals surface area (Å²) in [5.41, 5.74) is 1.21. The summed E-state index contributed by atoms with van der Waals surface area (Å²) in [6.45, 7) is 4.28. The lowest BCUT2D eigenvalue weighted by Gasteiger charge is -2.38. The molecule has 3 aliphatic rings. The van der Waals surface area contributed by atoms with Gasteiger partial charge in [0.05, 0.1) is 36.0 Å². The van der Waals surface area contributed by atoms with E-state index in [-0.39, 0.29) is 35.7 Å². The Morgan fingerprint density at radius 2 is 2.10 bits per heavy atom. The van der Waals surface area contributed by atoms with Gasteiger partial charge < -0.3 is 19.9 Å². The summed E-state index contributed by atoms with van der Waals surface area (Å²) >= 11 is 0. The number of hydrogen-bond acceptors (Lipinski definition) is 4. The zero-order chi connectivity index (χ0) is 21.3. The van der Waals surface area contributed by atoms with Gasteiger partial charge in [0, 0.05) is 17.7 Å². The lowest BCUT2D eigenvalue weighted by Crippen LogP contribution is -2.37. The second-order valence-corrected chi connectivity index (χ2v) is 10.2. The van der Waals surface area contributed by atoms with Gasteiger partial charge in [-0.15, -0.1) is 0 Å². The molecule has 2 fully saturated rings. The van der Waals surface area contributed by atoms with Crippen LogP contribution in [-0.2, 0) is 0 Å². The molecule has 5 rings (SSSR count). The predicted molar refractivity (Wildman–Crippen MR) is 111 cm³/mol. The van der Waals surface area contributed by atoms with Crippen molar-refractivity contribution in [2.75, 3.05) is 6.61 Å². The molecule has 2 aromatic rings. The molecule has 1 aliphatic heterocycles. The topological polar surface area (TPSA) is 78.5 Å². The summed E-state index contributed by atoms with van der Waals surface area (Å²) in [4.78, 5) is 4.25. The molecule has 7 atom stereocenters.